The van der Waals surface area contributed by atoms with Crippen molar-refractivity contribution in [3.8, 4) is 0 Å². The number of hydrogen-bond donors (Lipinski definition) is 2. The summed E-state index contributed by atoms with van der Waals surface area (Å²) in [5, 5.41) is 10.8. The number of hydrogen-bond acceptors (Lipinski definition) is 3. The lowest BCUT2D eigenvalue weighted by molar-refractivity contribution is -0.160. The normalized spacial score (nSPS) is 13.9. The van der Waals surface area contributed by atoms with Crippen LogP contribution in [0.25, 0.3) is 0 Å². The van der Waals surface area contributed by atoms with Crippen LogP contribution in [0.3, 0.4) is 0 Å². The molecule has 0 aliphatic carbocycles. The minimum atomic E-state index is -4.61. The summed E-state index contributed by atoms with van der Waals surface area (Å²) >= 11 is 0. The number of carboxylic acids is 1. The molecule has 0 saturated heterocycles. The van der Waals surface area contributed by atoms with Crippen molar-refractivity contribution in [2.45, 2.75) is 39.4 Å². The SMILES string of the molecule is CC(C)(C)C(CC(=O)O)NC(=O)OCC(F)(F)F. The van der Waals surface area contributed by atoms with Crippen LogP contribution in [-0.2, 0) is 9.53 Å². The van der Waals surface area contributed by atoms with E-state index >= 15 is 0 Å². The molecule has 0 saturated carbocycles. The van der Waals surface area contributed by atoms with Gasteiger partial charge in [0.1, 0.15) is 0 Å². The first-order valence-corrected chi connectivity index (χ1v) is 5.13. The standard InChI is InChI=1S/C10H16F3NO4/c1-9(2,3)6(4-7(15)16)14-8(17)18-5-10(11,12)13/h6H,4-5H2,1-3H3,(H,14,17)(H,15,16). The Kier molecular flexibility index (Phi) is 5.44. The van der Waals surface area contributed by atoms with Gasteiger partial charge in [-0.2, -0.15) is 13.2 Å². The Labute approximate surface area is 102 Å². The zero-order valence-electron chi connectivity index (χ0n) is 10.3. The van der Waals surface area contributed by atoms with Gasteiger partial charge in [-0.25, -0.2) is 4.79 Å². The van der Waals surface area contributed by atoms with Gasteiger partial charge in [-0.05, 0) is 5.41 Å². The molecule has 2 N–H and O–H groups in total. The van der Waals surface area contributed by atoms with Crippen molar-refractivity contribution in [1.29, 1.82) is 0 Å². The first-order chi connectivity index (χ1) is 7.92. The van der Waals surface area contributed by atoms with E-state index in [4.69, 9.17) is 5.11 Å². The molecule has 0 radical (unpaired) electrons. The second kappa shape index (κ2) is 5.92. The van der Waals surface area contributed by atoms with E-state index in [1.165, 1.54) is 0 Å². The number of carbonyl (C=O) groups excluding carboxylic acids is 1. The molecular formula is C10H16F3NO4. The van der Waals surface area contributed by atoms with Crippen LogP contribution in [0, 0.1) is 5.41 Å². The highest BCUT2D eigenvalue weighted by Crippen LogP contribution is 2.22. The van der Waals surface area contributed by atoms with E-state index in [1.54, 1.807) is 20.8 Å². The first kappa shape index (κ1) is 16.5. The number of nitrogens with one attached hydrogen (secondary N) is 1. The largest absolute Gasteiger partial charge is 0.481 e. The summed E-state index contributed by atoms with van der Waals surface area (Å²) in [6.45, 7) is 3.27. The number of carbonyl (C=O) groups is 2. The Morgan fingerprint density at radius 3 is 2.11 bits per heavy atom. The number of halogens is 3. The predicted molar refractivity (Wildman–Crippen MR) is 56.0 cm³/mol. The van der Waals surface area contributed by atoms with Crippen LogP contribution in [0.1, 0.15) is 27.2 Å². The summed E-state index contributed by atoms with van der Waals surface area (Å²) in [5.41, 5.74) is -0.615. The Morgan fingerprint density at radius 1 is 1.28 bits per heavy atom. The third-order valence-electron chi connectivity index (χ3n) is 2.08. The highest BCUT2D eigenvalue weighted by Gasteiger charge is 2.32. The second-order valence-electron chi connectivity index (χ2n) is 4.85. The number of alkyl halides is 3. The smallest absolute Gasteiger partial charge is 0.422 e. The van der Waals surface area contributed by atoms with Gasteiger partial charge in [0.15, 0.2) is 6.61 Å². The van der Waals surface area contributed by atoms with Crippen LogP contribution >= 0.6 is 0 Å². The molecule has 0 aliphatic rings. The van der Waals surface area contributed by atoms with Crippen LogP contribution in [0.5, 0.6) is 0 Å². The Morgan fingerprint density at radius 2 is 1.78 bits per heavy atom. The van der Waals surface area contributed by atoms with Crippen LogP contribution < -0.4 is 5.32 Å². The number of ether oxygens (including phenoxy) is 1. The van der Waals surface area contributed by atoms with Crippen molar-refractivity contribution >= 4 is 12.1 Å². The van der Waals surface area contributed by atoms with E-state index in [1.807, 2.05) is 0 Å². The molecule has 1 unspecified atom stereocenters. The van der Waals surface area contributed by atoms with Gasteiger partial charge in [-0.1, -0.05) is 20.8 Å². The molecule has 0 rings (SSSR count). The monoisotopic (exact) mass is 271 g/mol. The minimum Gasteiger partial charge on any atom is -0.481 e. The van der Waals surface area contributed by atoms with Gasteiger partial charge in [0.05, 0.1) is 6.42 Å². The molecule has 0 heterocycles. The van der Waals surface area contributed by atoms with E-state index in [9.17, 15) is 22.8 Å². The van der Waals surface area contributed by atoms with Crippen LogP contribution in [0.15, 0.2) is 0 Å². The van der Waals surface area contributed by atoms with Crippen molar-refractivity contribution in [2.75, 3.05) is 6.61 Å². The van der Waals surface area contributed by atoms with Gasteiger partial charge in [-0.15, -0.1) is 0 Å². The summed E-state index contributed by atoms with van der Waals surface area (Å²) in [4.78, 5) is 21.7. The molecule has 106 valence electrons. The van der Waals surface area contributed by atoms with Crippen molar-refractivity contribution in [3.05, 3.63) is 0 Å². The molecule has 0 aromatic heterocycles. The molecule has 0 aliphatic heterocycles. The van der Waals surface area contributed by atoms with E-state index in [2.05, 4.69) is 10.1 Å². The summed E-state index contributed by atoms with van der Waals surface area (Å²) in [5.74, 6) is -1.16. The number of rotatable bonds is 4. The highest BCUT2D eigenvalue weighted by molar-refractivity contribution is 5.71. The maximum atomic E-state index is 11.8. The number of amides is 1. The predicted octanol–water partition coefficient (Wildman–Crippen LogP) is 2.16. The summed E-state index contributed by atoms with van der Waals surface area (Å²) < 4.78 is 39.3. The van der Waals surface area contributed by atoms with E-state index in [-0.39, 0.29) is 0 Å². The Balaban J connectivity index is 4.41. The molecule has 5 nitrogen and oxygen atoms in total. The number of alkyl carbamates (subject to hydrolysis) is 1. The lowest BCUT2D eigenvalue weighted by Gasteiger charge is -2.29. The van der Waals surface area contributed by atoms with Gasteiger partial charge in [0, 0.05) is 6.04 Å². The summed E-state index contributed by atoms with van der Waals surface area (Å²) in [7, 11) is 0. The zero-order valence-corrected chi connectivity index (χ0v) is 10.3. The lowest BCUT2D eigenvalue weighted by atomic mass is 9.85. The lowest BCUT2D eigenvalue weighted by Crippen LogP contribution is -2.45. The van der Waals surface area contributed by atoms with Crippen molar-refractivity contribution in [1.82, 2.24) is 5.32 Å². The van der Waals surface area contributed by atoms with Crippen molar-refractivity contribution in [2.24, 2.45) is 5.41 Å². The van der Waals surface area contributed by atoms with Crippen LogP contribution in [0.4, 0.5) is 18.0 Å². The zero-order chi connectivity index (χ0) is 14.6. The average molecular weight is 271 g/mol. The summed E-state index contributed by atoms with van der Waals surface area (Å²) in [6, 6.07) is -0.823. The number of aliphatic carboxylic acids is 1. The fraction of sp³-hybridized carbons (Fsp3) is 0.800. The fourth-order valence-electron chi connectivity index (χ4n) is 1.08. The molecule has 0 aromatic carbocycles. The molecular weight excluding hydrogens is 255 g/mol. The molecule has 0 aromatic rings. The molecule has 0 bridgehead atoms. The molecule has 18 heavy (non-hydrogen) atoms. The molecule has 1 amide bonds. The van der Waals surface area contributed by atoms with Crippen LogP contribution in [-0.4, -0.2) is 36.0 Å². The maximum Gasteiger partial charge on any atom is 0.422 e. The van der Waals surface area contributed by atoms with Gasteiger partial charge >= 0.3 is 18.2 Å². The van der Waals surface area contributed by atoms with Crippen molar-refractivity contribution in [3.63, 3.8) is 0 Å². The Hall–Kier alpha value is -1.47. The molecule has 1 atom stereocenters. The van der Waals surface area contributed by atoms with E-state index < -0.39 is 42.7 Å². The van der Waals surface area contributed by atoms with Crippen LogP contribution in [0.2, 0.25) is 0 Å². The fourth-order valence-corrected chi connectivity index (χ4v) is 1.08. The van der Waals surface area contributed by atoms with Gasteiger partial charge in [0.2, 0.25) is 0 Å². The first-order valence-electron chi connectivity index (χ1n) is 5.13. The third kappa shape index (κ3) is 7.75. The number of carboxylic acid groups (broad SMARTS) is 1. The van der Waals surface area contributed by atoms with Crippen molar-refractivity contribution < 1.29 is 32.6 Å². The van der Waals surface area contributed by atoms with E-state index in [0.717, 1.165) is 0 Å². The van der Waals surface area contributed by atoms with E-state index in [0.29, 0.717) is 0 Å². The van der Waals surface area contributed by atoms with Gasteiger partial charge in [-0.3, -0.25) is 4.79 Å². The molecule has 0 fully saturated rings. The third-order valence-corrected chi connectivity index (χ3v) is 2.08. The maximum absolute atomic E-state index is 11.8. The topological polar surface area (TPSA) is 75.6 Å². The second-order valence-corrected chi connectivity index (χ2v) is 4.85. The van der Waals surface area contributed by atoms with Gasteiger partial charge < -0.3 is 15.2 Å². The quantitative estimate of drug-likeness (QED) is 0.821. The molecule has 8 heteroatoms. The van der Waals surface area contributed by atoms with Gasteiger partial charge in [0.25, 0.3) is 0 Å². The minimum absolute atomic E-state index is 0.398. The molecule has 0 spiro atoms. The Bertz CT molecular complexity index is 309. The summed E-state index contributed by atoms with van der Waals surface area (Å²) in [6.07, 6.45) is -6.29. The highest BCUT2D eigenvalue weighted by atomic mass is 19.4. The average Bonchev–Trinajstić information content (AvgIpc) is 2.10.